The van der Waals surface area contributed by atoms with Crippen molar-refractivity contribution in [2.45, 2.75) is 91.8 Å². The van der Waals surface area contributed by atoms with E-state index in [0.717, 1.165) is 16.5 Å². The fourth-order valence-corrected chi connectivity index (χ4v) is 5.86. The topological polar surface area (TPSA) is 313 Å². The summed E-state index contributed by atoms with van der Waals surface area (Å²) in [7, 11) is 0. The third-order valence-electron chi connectivity index (χ3n) is 8.83. The molecule has 3 heterocycles. The van der Waals surface area contributed by atoms with Gasteiger partial charge in [0.1, 0.15) is 17.9 Å². The SMILES string of the molecule is CC.CC(=O)CNC(=O)C(Cc1c[nH]c2ccccc12)NC(=O)CNC(=O)C(CCCN=C(N)N)NC(=O)CNC(=O)C(N)Cc1cnc[nH]1.CCC.Cc1c[nH]c2ccccc12. The van der Waals surface area contributed by atoms with E-state index in [4.69, 9.17) is 17.2 Å². The Morgan fingerprint density at radius 3 is 1.86 bits per heavy atom. The molecule has 0 bridgehead atoms. The number of nitrogens with two attached hydrogens (primary N) is 3. The van der Waals surface area contributed by atoms with Gasteiger partial charge in [0, 0.05) is 65.5 Å². The quantitative estimate of drug-likeness (QED) is 0.0325. The zero-order chi connectivity index (χ0) is 46.7. The van der Waals surface area contributed by atoms with Crippen molar-refractivity contribution in [3.05, 3.63) is 90.3 Å². The number of Topliss-reactive ketones (excluding diaryl/α,β-unsaturated/α-hetero) is 1. The Bertz CT molecular complexity index is 2210. The summed E-state index contributed by atoms with van der Waals surface area (Å²) in [5, 5.41) is 14.7. The molecule has 0 saturated carbocycles. The van der Waals surface area contributed by atoms with Crippen LogP contribution in [0.1, 0.15) is 70.7 Å². The Hall–Kier alpha value is -7.02. The highest BCUT2D eigenvalue weighted by Gasteiger charge is 2.25. The predicted molar refractivity (Wildman–Crippen MR) is 246 cm³/mol. The van der Waals surface area contributed by atoms with Crippen molar-refractivity contribution in [1.82, 2.24) is 46.5 Å². The molecule has 342 valence electrons. The van der Waals surface area contributed by atoms with Crippen molar-refractivity contribution in [3.8, 4) is 0 Å². The van der Waals surface area contributed by atoms with Crippen LogP contribution in [-0.2, 0) is 41.6 Å². The van der Waals surface area contributed by atoms with Crippen LogP contribution in [-0.4, -0.2) is 106 Å². The molecule has 0 aliphatic heterocycles. The minimum absolute atomic E-state index is 0.0971. The minimum atomic E-state index is -1.11. The highest BCUT2D eigenvalue weighted by molar-refractivity contribution is 5.95. The third kappa shape index (κ3) is 19.1. The highest BCUT2D eigenvalue weighted by atomic mass is 16.2. The van der Waals surface area contributed by atoms with Crippen LogP contribution in [0.4, 0.5) is 0 Å². The molecule has 5 aromatic rings. The second kappa shape index (κ2) is 28.5. The fourth-order valence-electron chi connectivity index (χ4n) is 5.86. The number of rotatable bonds is 19. The largest absolute Gasteiger partial charge is 0.370 e. The number of H-pyrrole nitrogens is 3. The van der Waals surface area contributed by atoms with E-state index in [2.05, 4.69) is 90.5 Å². The summed E-state index contributed by atoms with van der Waals surface area (Å²) in [5.41, 5.74) is 21.4. The first-order valence-corrected chi connectivity index (χ1v) is 21.0. The van der Waals surface area contributed by atoms with Crippen LogP contribution >= 0.6 is 0 Å². The molecule has 0 radical (unpaired) electrons. The number of fused-ring (bicyclic) bond motifs is 2. The van der Waals surface area contributed by atoms with Crippen LogP contribution in [0.25, 0.3) is 21.8 Å². The number of aliphatic imine (C=N–C) groups is 1. The van der Waals surface area contributed by atoms with E-state index in [0.29, 0.717) is 12.1 Å². The van der Waals surface area contributed by atoms with E-state index in [-0.39, 0.29) is 44.1 Å². The Labute approximate surface area is 368 Å². The maximum Gasteiger partial charge on any atom is 0.243 e. The molecule has 3 atom stereocenters. The zero-order valence-corrected chi connectivity index (χ0v) is 37.1. The van der Waals surface area contributed by atoms with Gasteiger partial charge in [-0.15, -0.1) is 0 Å². The molecular formula is C44H65N13O6. The van der Waals surface area contributed by atoms with Crippen LogP contribution < -0.4 is 43.8 Å². The number of nitrogens with one attached hydrogen (secondary N) is 8. The van der Waals surface area contributed by atoms with Gasteiger partial charge in [-0.25, -0.2) is 4.98 Å². The van der Waals surface area contributed by atoms with Crippen LogP contribution in [0.3, 0.4) is 0 Å². The molecular weight excluding hydrogens is 807 g/mol. The molecule has 0 aliphatic carbocycles. The monoisotopic (exact) mass is 872 g/mol. The molecule has 3 unspecified atom stereocenters. The number of para-hydroxylation sites is 2. The predicted octanol–water partition coefficient (Wildman–Crippen LogP) is 1.88. The number of guanidine groups is 1. The van der Waals surface area contributed by atoms with Crippen molar-refractivity contribution in [2.24, 2.45) is 22.2 Å². The minimum Gasteiger partial charge on any atom is -0.370 e. The number of amides is 5. The number of aromatic nitrogens is 4. The third-order valence-corrected chi connectivity index (χ3v) is 8.83. The molecule has 19 nitrogen and oxygen atoms in total. The van der Waals surface area contributed by atoms with E-state index < -0.39 is 60.8 Å². The summed E-state index contributed by atoms with van der Waals surface area (Å²) >= 11 is 0. The normalized spacial score (nSPS) is 11.7. The number of carbonyl (C=O) groups excluding carboxylic acids is 6. The molecule has 63 heavy (non-hydrogen) atoms. The van der Waals surface area contributed by atoms with E-state index in [9.17, 15) is 28.8 Å². The first kappa shape index (κ1) is 52.1. The molecule has 19 heteroatoms. The van der Waals surface area contributed by atoms with Crippen molar-refractivity contribution in [1.29, 1.82) is 0 Å². The second-order valence-electron chi connectivity index (χ2n) is 14.2. The van der Waals surface area contributed by atoms with Gasteiger partial charge < -0.3 is 58.7 Å². The summed E-state index contributed by atoms with van der Waals surface area (Å²) < 4.78 is 0. The molecule has 2 aromatic carbocycles. The van der Waals surface area contributed by atoms with Crippen molar-refractivity contribution >= 4 is 63.1 Å². The Kier molecular flexibility index (Phi) is 23.6. The summed E-state index contributed by atoms with van der Waals surface area (Å²) in [6.45, 7) is 10.7. The number of ketones is 1. The van der Waals surface area contributed by atoms with Crippen molar-refractivity contribution in [3.63, 3.8) is 0 Å². The molecule has 5 rings (SSSR count). The van der Waals surface area contributed by atoms with Crippen LogP contribution in [0, 0.1) is 6.92 Å². The van der Waals surface area contributed by atoms with Gasteiger partial charge in [-0.05, 0) is 49.9 Å². The van der Waals surface area contributed by atoms with Gasteiger partial charge in [0.2, 0.25) is 29.5 Å². The lowest BCUT2D eigenvalue weighted by Gasteiger charge is -2.20. The number of carbonyl (C=O) groups is 6. The van der Waals surface area contributed by atoms with Crippen LogP contribution in [0.15, 0.2) is 78.4 Å². The zero-order valence-electron chi connectivity index (χ0n) is 37.1. The van der Waals surface area contributed by atoms with Crippen molar-refractivity contribution in [2.75, 3.05) is 26.2 Å². The number of hydrogen-bond donors (Lipinski definition) is 11. The van der Waals surface area contributed by atoms with Gasteiger partial charge in [0.05, 0.1) is 32.0 Å². The number of aromatic amines is 3. The summed E-state index contributed by atoms with van der Waals surface area (Å²) in [6, 6.07) is 12.6. The number of aryl methyl sites for hydroxylation is 1. The lowest BCUT2D eigenvalue weighted by atomic mass is 10.0. The van der Waals surface area contributed by atoms with Gasteiger partial charge in [0.25, 0.3) is 0 Å². The summed E-state index contributed by atoms with van der Waals surface area (Å²) in [5.74, 6) is -3.62. The van der Waals surface area contributed by atoms with E-state index in [1.54, 1.807) is 6.20 Å². The lowest BCUT2D eigenvalue weighted by molar-refractivity contribution is -0.132. The Balaban J connectivity index is 0.000000766. The lowest BCUT2D eigenvalue weighted by Crippen LogP contribution is -2.54. The van der Waals surface area contributed by atoms with Gasteiger partial charge >= 0.3 is 0 Å². The van der Waals surface area contributed by atoms with Crippen molar-refractivity contribution < 1.29 is 28.8 Å². The fraction of sp³-hybridized carbons (Fsp3) is 0.409. The van der Waals surface area contributed by atoms with Gasteiger partial charge in [-0.1, -0.05) is 70.5 Å². The number of imidazole rings is 1. The standard InChI is InChI=1S/C30H42N12O6.C9H9N.C3H8.C2H6/c1-17(43)11-37-29(48)24(9-18-12-36-22-6-3-2-5-20(18)22)42-26(45)15-39-28(47)23(7-4-8-35-30(32)33)41-25(44)14-38-27(46)21(31)10-19-13-34-16-40-19;1-7-6-10-9-5-3-2-4-8(7)9;1-3-2;1-2/h2-3,5-6,12-13,16,21,23-24,36H,4,7-11,14-15,31H2,1H3,(H,34,40)(H,37,48)(H,38,46)(H,39,47)(H,41,44)(H,42,45)(H4,32,33,35);2-6,10H,1H3;3H2,1-2H3;1-2H3. The Morgan fingerprint density at radius 2 is 1.27 bits per heavy atom. The Morgan fingerprint density at radius 1 is 0.730 bits per heavy atom. The smallest absolute Gasteiger partial charge is 0.243 e. The molecule has 0 spiro atoms. The molecule has 0 saturated heterocycles. The number of benzene rings is 2. The molecule has 0 fully saturated rings. The first-order chi connectivity index (χ1) is 30.2. The maximum atomic E-state index is 13.1. The average molecular weight is 872 g/mol. The average Bonchev–Trinajstić information content (AvgIpc) is 4.04. The van der Waals surface area contributed by atoms with Gasteiger partial charge in [0.15, 0.2) is 5.96 Å². The highest BCUT2D eigenvalue weighted by Crippen LogP contribution is 2.19. The molecule has 3 aromatic heterocycles. The molecule has 5 amide bonds. The van der Waals surface area contributed by atoms with Crippen LogP contribution in [0.2, 0.25) is 0 Å². The summed E-state index contributed by atoms with van der Waals surface area (Å²) in [6.07, 6.45) is 8.67. The second-order valence-corrected chi connectivity index (χ2v) is 14.2. The van der Waals surface area contributed by atoms with E-state index in [1.807, 2.05) is 50.4 Å². The maximum absolute atomic E-state index is 13.1. The van der Waals surface area contributed by atoms with Gasteiger partial charge in [-0.2, -0.15) is 0 Å². The van der Waals surface area contributed by atoms with Gasteiger partial charge in [-0.3, -0.25) is 33.8 Å². The van der Waals surface area contributed by atoms with E-state index in [1.165, 1.54) is 42.3 Å². The molecule has 14 N–H and O–H groups in total. The number of hydrogen-bond acceptors (Lipinski definition) is 9. The van der Waals surface area contributed by atoms with Crippen LogP contribution in [0.5, 0.6) is 0 Å². The first-order valence-electron chi connectivity index (χ1n) is 21.0. The van der Waals surface area contributed by atoms with E-state index >= 15 is 0 Å². The number of nitrogens with zero attached hydrogens (tertiary/aromatic N) is 2. The summed E-state index contributed by atoms with van der Waals surface area (Å²) in [4.78, 5) is 92.4. The molecule has 0 aliphatic rings.